The predicted molar refractivity (Wildman–Crippen MR) is 70.0 cm³/mol. The Balaban J connectivity index is 1.96. The van der Waals surface area contributed by atoms with Crippen LogP contribution in [0.4, 0.5) is 10.1 Å². The fourth-order valence-corrected chi connectivity index (χ4v) is 2.42. The number of halogens is 1. The van der Waals surface area contributed by atoms with Crippen molar-refractivity contribution in [3.63, 3.8) is 0 Å². The Hall–Kier alpha value is -1.62. The third-order valence-corrected chi connectivity index (χ3v) is 3.52. The highest BCUT2D eigenvalue weighted by Gasteiger charge is 2.26. The number of hydrogen-bond donors (Lipinski definition) is 2. The highest BCUT2D eigenvalue weighted by Crippen LogP contribution is 2.24. The van der Waals surface area contributed by atoms with E-state index in [9.17, 15) is 9.18 Å². The molecule has 1 aliphatic heterocycles. The van der Waals surface area contributed by atoms with Crippen molar-refractivity contribution >= 4 is 11.7 Å². The van der Waals surface area contributed by atoms with Gasteiger partial charge in [0, 0.05) is 24.8 Å². The van der Waals surface area contributed by atoms with Gasteiger partial charge in [0.2, 0.25) is 0 Å². The first kappa shape index (κ1) is 13.8. The molecule has 0 aliphatic carbocycles. The third kappa shape index (κ3) is 3.23. The number of anilines is 1. The van der Waals surface area contributed by atoms with E-state index in [1.807, 2.05) is 0 Å². The van der Waals surface area contributed by atoms with Crippen molar-refractivity contribution in [3.05, 3.63) is 29.6 Å². The van der Waals surface area contributed by atoms with E-state index in [0.717, 1.165) is 19.4 Å². The molecule has 1 aromatic rings. The molecule has 0 spiro atoms. The van der Waals surface area contributed by atoms with Crippen LogP contribution in [0, 0.1) is 11.7 Å². The Kier molecular flexibility index (Phi) is 4.37. The largest absolute Gasteiger partial charge is 0.478 e. The van der Waals surface area contributed by atoms with Gasteiger partial charge in [-0.15, -0.1) is 0 Å². The average Bonchev–Trinajstić information content (AvgIpc) is 2.83. The number of carboxylic acids is 1. The van der Waals surface area contributed by atoms with Crippen LogP contribution < -0.4 is 5.32 Å². The minimum atomic E-state index is -1.25. The van der Waals surface area contributed by atoms with E-state index in [4.69, 9.17) is 9.84 Å². The fraction of sp³-hybridized carbons (Fsp3) is 0.500. The number of nitrogens with one attached hydrogen (secondary N) is 1. The van der Waals surface area contributed by atoms with Crippen molar-refractivity contribution in [1.82, 2.24) is 0 Å². The number of carboxylic acid groups (broad SMARTS) is 1. The van der Waals surface area contributed by atoms with E-state index in [-0.39, 0.29) is 11.7 Å². The molecule has 2 rings (SSSR count). The molecule has 1 saturated heterocycles. The van der Waals surface area contributed by atoms with Crippen LogP contribution in [0.1, 0.15) is 30.1 Å². The first-order chi connectivity index (χ1) is 9.11. The van der Waals surface area contributed by atoms with Gasteiger partial charge in [0.15, 0.2) is 0 Å². The molecule has 1 heterocycles. The summed E-state index contributed by atoms with van der Waals surface area (Å²) < 4.78 is 19.1. The summed E-state index contributed by atoms with van der Waals surface area (Å²) in [4.78, 5) is 10.7. The van der Waals surface area contributed by atoms with Crippen molar-refractivity contribution in [2.75, 3.05) is 18.5 Å². The zero-order valence-electron chi connectivity index (χ0n) is 10.9. The van der Waals surface area contributed by atoms with Crippen LogP contribution in [0.5, 0.6) is 0 Å². The Morgan fingerprint density at radius 1 is 1.58 bits per heavy atom. The molecule has 19 heavy (non-hydrogen) atoms. The maximum atomic E-state index is 13.5. The van der Waals surface area contributed by atoms with Gasteiger partial charge < -0.3 is 15.2 Å². The molecule has 0 radical (unpaired) electrons. The second-order valence-electron chi connectivity index (χ2n) is 4.75. The normalized spacial score (nSPS) is 22.4. The monoisotopic (exact) mass is 267 g/mol. The van der Waals surface area contributed by atoms with Crippen molar-refractivity contribution in [2.45, 2.75) is 25.9 Å². The zero-order valence-corrected chi connectivity index (χ0v) is 10.9. The van der Waals surface area contributed by atoms with Crippen molar-refractivity contribution in [3.8, 4) is 0 Å². The van der Waals surface area contributed by atoms with E-state index < -0.39 is 11.8 Å². The Bertz CT molecular complexity index is 464. The molecule has 0 bridgehead atoms. The third-order valence-electron chi connectivity index (χ3n) is 3.52. The molecule has 1 fully saturated rings. The summed E-state index contributed by atoms with van der Waals surface area (Å²) in [7, 11) is 0. The van der Waals surface area contributed by atoms with Gasteiger partial charge in [0.05, 0.1) is 11.7 Å². The lowest BCUT2D eigenvalue weighted by molar-refractivity contribution is 0.0692. The maximum Gasteiger partial charge on any atom is 0.338 e. The summed E-state index contributed by atoms with van der Waals surface area (Å²) in [6.07, 6.45) is 2.23. The topological polar surface area (TPSA) is 58.6 Å². The second-order valence-corrected chi connectivity index (χ2v) is 4.75. The quantitative estimate of drug-likeness (QED) is 0.861. The molecule has 1 aliphatic rings. The van der Waals surface area contributed by atoms with Crippen molar-refractivity contribution < 1.29 is 19.0 Å². The summed E-state index contributed by atoms with van der Waals surface area (Å²) in [5.74, 6) is -1.54. The zero-order chi connectivity index (χ0) is 13.8. The molecule has 0 amide bonds. The summed E-state index contributed by atoms with van der Waals surface area (Å²) in [5, 5.41) is 11.9. The highest BCUT2D eigenvalue weighted by atomic mass is 19.1. The van der Waals surface area contributed by atoms with Gasteiger partial charge in [0.1, 0.15) is 5.82 Å². The van der Waals surface area contributed by atoms with Gasteiger partial charge in [-0.05, 0) is 31.0 Å². The number of rotatable bonds is 5. The lowest BCUT2D eigenvalue weighted by Crippen LogP contribution is -2.22. The van der Waals surface area contributed by atoms with Gasteiger partial charge >= 0.3 is 5.97 Å². The predicted octanol–water partition coefficient (Wildman–Crippen LogP) is 2.75. The molecule has 4 nitrogen and oxygen atoms in total. The summed E-state index contributed by atoms with van der Waals surface area (Å²) in [6.45, 7) is 3.58. The van der Waals surface area contributed by atoms with Gasteiger partial charge in [0.25, 0.3) is 0 Å². The van der Waals surface area contributed by atoms with E-state index in [0.29, 0.717) is 18.2 Å². The number of hydrogen-bond acceptors (Lipinski definition) is 3. The number of benzene rings is 1. The van der Waals surface area contributed by atoms with Crippen LogP contribution in [0.25, 0.3) is 0 Å². The highest BCUT2D eigenvalue weighted by molar-refractivity contribution is 5.88. The second kappa shape index (κ2) is 6.02. The molecule has 0 aromatic heterocycles. The molecule has 5 heteroatoms. The molecular formula is C14H18FNO3. The maximum absolute atomic E-state index is 13.5. The molecule has 1 aromatic carbocycles. The standard InChI is InChI=1S/C14H18FNO3/c1-2-13-9(5-6-19-13)8-16-10-3-4-11(14(17)18)12(15)7-10/h3-4,7,9,13,16H,2,5-6,8H2,1H3,(H,17,18). The molecule has 2 atom stereocenters. The molecule has 0 saturated carbocycles. The lowest BCUT2D eigenvalue weighted by Gasteiger charge is -2.18. The SMILES string of the molecule is CCC1OCCC1CNc1ccc(C(=O)O)c(F)c1. The van der Waals surface area contributed by atoms with Gasteiger partial charge in [-0.2, -0.15) is 0 Å². The molecule has 2 unspecified atom stereocenters. The minimum Gasteiger partial charge on any atom is -0.478 e. The van der Waals surface area contributed by atoms with Crippen LogP contribution in [0.3, 0.4) is 0 Å². The number of ether oxygens (including phenoxy) is 1. The van der Waals surface area contributed by atoms with Crippen molar-refractivity contribution in [2.24, 2.45) is 5.92 Å². The first-order valence-corrected chi connectivity index (χ1v) is 6.50. The lowest BCUT2D eigenvalue weighted by atomic mass is 9.99. The Morgan fingerprint density at radius 3 is 3.00 bits per heavy atom. The van der Waals surface area contributed by atoms with E-state index in [1.165, 1.54) is 12.1 Å². The van der Waals surface area contributed by atoms with Crippen LogP contribution in [0.15, 0.2) is 18.2 Å². The van der Waals surface area contributed by atoms with Gasteiger partial charge in [-0.3, -0.25) is 0 Å². The molecule has 2 N–H and O–H groups in total. The van der Waals surface area contributed by atoms with Crippen LogP contribution in [-0.4, -0.2) is 30.3 Å². The van der Waals surface area contributed by atoms with Gasteiger partial charge in [-0.1, -0.05) is 6.92 Å². The van der Waals surface area contributed by atoms with Crippen molar-refractivity contribution in [1.29, 1.82) is 0 Å². The smallest absolute Gasteiger partial charge is 0.338 e. The number of aromatic carboxylic acids is 1. The van der Waals surface area contributed by atoms with Crippen LogP contribution in [0.2, 0.25) is 0 Å². The minimum absolute atomic E-state index is 0.260. The van der Waals surface area contributed by atoms with Crippen LogP contribution in [-0.2, 0) is 4.74 Å². The summed E-state index contributed by atoms with van der Waals surface area (Å²) in [6, 6.07) is 4.09. The number of carbonyl (C=O) groups is 1. The van der Waals surface area contributed by atoms with E-state index >= 15 is 0 Å². The van der Waals surface area contributed by atoms with E-state index in [1.54, 1.807) is 6.07 Å². The fourth-order valence-electron chi connectivity index (χ4n) is 2.42. The Morgan fingerprint density at radius 2 is 2.37 bits per heavy atom. The summed E-state index contributed by atoms with van der Waals surface area (Å²) in [5.41, 5.74) is 0.297. The average molecular weight is 267 g/mol. The summed E-state index contributed by atoms with van der Waals surface area (Å²) >= 11 is 0. The Labute approximate surface area is 111 Å². The van der Waals surface area contributed by atoms with Crippen LogP contribution >= 0.6 is 0 Å². The first-order valence-electron chi connectivity index (χ1n) is 6.50. The molecule has 104 valence electrons. The van der Waals surface area contributed by atoms with E-state index in [2.05, 4.69) is 12.2 Å². The molecular weight excluding hydrogens is 249 g/mol. The van der Waals surface area contributed by atoms with Gasteiger partial charge in [-0.25, -0.2) is 9.18 Å².